The van der Waals surface area contributed by atoms with Crippen LogP contribution in [0.4, 0.5) is 5.69 Å². The molecular formula is C23H29N3O3S2. The van der Waals surface area contributed by atoms with Crippen LogP contribution in [-0.2, 0) is 16.6 Å². The van der Waals surface area contributed by atoms with E-state index in [1.54, 1.807) is 22.8 Å². The number of hydrogen-bond donors (Lipinski definition) is 1. The van der Waals surface area contributed by atoms with Gasteiger partial charge in [-0.15, -0.1) is 0 Å². The molecule has 1 atom stereocenters. The van der Waals surface area contributed by atoms with Crippen LogP contribution >= 0.6 is 11.3 Å². The number of benzene rings is 2. The highest BCUT2D eigenvalue weighted by Gasteiger charge is 2.21. The standard InChI is InChI=1S/C23H29N3O3S2/c1-4-26-21-10-9-20(15-22(21)30-23(26)27)31(28,29)24-17(3)18-5-7-19(8-6-18)25-13-11-16(2)12-14-25/h5-10,15-17,24H,4,11-14H2,1-3H3/t17-/m0/s1. The predicted molar refractivity (Wildman–Crippen MR) is 128 cm³/mol. The van der Waals surface area contributed by atoms with Crippen LogP contribution in [0.2, 0.25) is 0 Å². The van der Waals surface area contributed by atoms with Crippen LogP contribution in [0.1, 0.15) is 45.2 Å². The molecule has 0 bridgehead atoms. The first kappa shape index (κ1) is 22.0. The normalized spacial score (nSPS) is 16.7. The minimum Gasteiger partial charge on any atom is -0.372 e. The number of rotatable bonds is 6. The number of hydrogen-bond acceptors (Lipinski definition) is 5. The molecule has 4 rings (SSSR count). The van der Waals surface area contributed by atoms with Gasteiger partial charge in [-0.25, -0.2) is 13.1 Å². The van der Waals surface area contributed by atoms with Crippen LogP contribution in [0, 0.1) is 5.92 Å². The second-order valence-electron chi connectivity index (χ2n) is 8.35. The maximum Gasteiger partial charge on any atom is 0.308 e. The molecule has 1 aromatic heterocycles. The summed E-state index contributed by atoms with van der Waals surface area (Å²) in [7, 11) is -3.71. The van der Waals surface area contributed by atoms with Gasteiger partial charge >= 0.3 is 4.87 Å². The predicted octanol–water partition coefficient (Wildman–Crippen LogP) is 4.36. The molecule has 8 heteroatoms. The van der Waals surface area contributed by atoms with Gasteiger partial charge in [-0.2, -0.15) is 0 Å². The first-order valence-electron chi connectivity index (χ1n) is 10.8. The highest BCUT2D eigenvalue weighted by Crippen LogP contribution is 2.26. The second-order valence-corrected chi connectivity index (χ2v) is 11.1. The van der Waals surface area contributed by atoms with Crippen LogP contribution < -0.4 is 14.5 Å². The summed E-state index contributed by atoms with van der Waals surface area (Å²) >= 11 is 1.07. The lowest BCUT2D eigenvalue weighted by Crippen LogP contribution is -2.32. The van der Waals surface area contributed by atoms with Crippen LogP contribution in [0.25, 0.3) is 10.2 Å². The summed E-state index contributed by atoms with van der Waals surface area (Å²) in [5, 5.41) is 0. The Morgan fingerprint density at radius 2 is 1.81 bits per heavy atom. The van der Waals surface area contributed by atoms with E-state index in [0.29, 0.717) is 11.2 Å². The van der Waals surface area contributed by atoms with E-state index in [9.17, 15) is 13.2 Å². The van der Waals surface area contributed by atoms with Gasteiger partial charge in [-0.3, -0.25) is 9.36 Å². The van der Waals surface area contributed by atoms with Crippen molar-refractivity contribution in [3.63, 3.8) is 0 Å². The van der Waals surface area contributed by atoms with E-state index in [4.69, 9.17) is 0 Å². The van der Waals surface area contributed by atoms with E-state index in [2.05, 4.69) is 28.7 Å². The smallest absolute Gasteiger partial charge is 0.308 e. The Hall–Kier alpha value is -2.16. The van der Waals surface area contributed by atoms with Gasteiger partial charge in [0.15, 0.2) is 0 Å². The maximum atomic E-state index is 13.0. The Morgan fingerprint density at radius 3 is 2.45 bits per heavy atom. The molecule has 0 radical (unpaired) electrons. The van der Waals surface area contributed by atoms with Crippen molar-refractivity contribution in [1.82, 2.24) is 9.29 Å². The minimum absolute atomic E-state index is 0.0726. The van der Waals surface area contributed by atoms with Crippen molar-refractivity contribution in [3.05, 3.63) is 57.7 Å². The fourth-order valence-electron chi connectivity index (χ4n) is 4.12. The summed E-state index contributed by atoms with van der Waals surface area (Å²) in [5.41, 5.74) is 2.87. The summed E-state index contributed by atoms with van der Waals surface area (Å²) < 4.78 is 31.0. The molecule has 0 unspecified atom stereocenters. The summed E-state index contributed by atoms with van der Waals surface area (Å²) in [6.45, 7) is 8.74. The molecule has 0 spiro atoms. The lowest BCUT2D eigenvalue weighted by atomic mass is 9.98. The number of anilines is 1. The molecule has 2 heterocycles. The van der Waals surface area contributed by atoms with E-state index in [-0.39, 0.29) is 15.8 Å². The van der Waals surface area contributed by atoms with Gasteiger partial charge < -0.3 is 4.90 Å². The monoisotopic (exact) mass is 459 g/mol. The van der Waals surface area contributed by atoms with E-state index in [1.165, 1.54) is 18.5 Å². The molecule has 0 saturated carbocycles. The van der Waals surface area contributed by atoms with Gasteiger partial charge in [0.2, 0.25) is 10.0 Å². The van der Waals surface area contributed by atoms with Gasteiger partial charge in [0.1, 0.15) is 0 Å². The molecule has 1 N–H and O–H groups in total. The summed E-state index contributed by atoms with van der Waals surface area (Å²) in [5.74, 6) is 0.783. The van der Waals surface area contributed by atoms with E-state index < -0.39 is 10.0 Å². The lowest BCUT2D eigenvalue weighted by Gasteiger charge is -2.32. The number of fused-ring (bicyclic) bond motifs is 1. The third kappa shape index (κ3) is 4.56. The van der Waals surface area contributed by atoms with Gasteiger partial charge in [-0.1, -0.05) is 30.4 Å². The number of nitrogens with one attached hydrogen (secondary N) is 1. The van der Waals surface area contributed by atoms with Crippen molar-refractivity contribution >= 4 is 37.3 Å². The molecule has 2 aromatic carbocycles. The summed E-state index contributed by atoms with van der Waals surface area (Å²) in [6.07, 6.45) is 2.41. The molecule has 31 heavy (non-hydrogen) atoms. The average molecular weight is 460 g/mol. The molecule has 6 nitrogen and oxygen atoms in total. The fraction of sp³-hybridized carbons (Fsp3) is 0.435. The van der Waals surface area contributed by atoms with E-state index in [0.717, 1.165) is 41.4 Å². The third-order valence-electron chi connectivity index (χ3n) is 6.14. The quantitative estimate of drug-likeness (QED) is 0.595. The molecule has 1 saturated heterocycles. The van der Waals surface area contributed by atoms with Crippen molar-refractivity contribution in [2.45, 2.75) is 51.1 Å². The molecule has 0 amide bonds. The van der Waals surface area contributed by atoms with Crippen LogP contribution in [-0.4, -0.2) is 26.1 Å². The molecule has 0 aliphatic carbocycles. The van der Waals surface area contributed by atoms with Gasteiger partial charge in [0, 0.05) is 31.4 Å². The first-order valence-corrected chi connectivity index (χ1v) is 13.1. The van der Waals surface area contributed by atoms with E-state index in [1.807, 2.05) is 26.0 Å². The summed E-state index contributed by atoms with van der Waals surface area (Å²) in [6, 6.07) is 12.6. The molecular weight excluding hydrogens is 430 g/mol. The Labute approximate surface area is 187 Å². The highest BCUT2D eigenvalue weighted by molar-refractivity contribution is 7.89. The number of nitrogens with zero attached hydrogens (tertiary/aromatic N) is 2. The van der Waals surface area contributed by atoms with Crippen LogP contribution in [0.5, 0.6) is 0 Å². The zero-order valence-electron chi connectivity index (χ0n) is 18.2. The van der Waals surface area contributed by atoms with Gasteiger partial charge in [0.05, 0.1) is 15.1 Å². The SMILES string of the molecule is CCn1c(=O)sc2cc(S(=O)(=O)N[C@@H](C)c3ccc(N4CCC(C)CC4)cc3)ccc21. The average Bonchev–Trinajstić information content (AvgIpc) is 3.08. The number of sulfonamides is 1. The van der Waals surface area contributed by atoms with Crippen molar-refractivity contribution in [1.29, 1.82) is 0 Å². The highest BCUT2D eigenvalue weighted by atomic mass is 32.2. The lowest BCUT2D eigenvalue weighted by molar-refractivity contribution is 0.438. The van der Waals surface area contributed by atoms with Crippen molar-refractivity contribution in [2.24, 2.45) is 5.92 Å². The Morgan fingerprint density at radius 1 is 1.13 bits per heavy atom. The first-order chi connectivity index (χ1) is 14.8. The number of piperidine rings is 1. The van der Waals surface area contributed by atoms with Crippen molar-refractivity contribution in [3.8, 4) is 0 Å². The number of aryl methyl sites for hydroxylation is 1. The maximum absolute atomic E-state index is 13.0. The number of thiazole rings is 1. The topological polar surface area (TPSA) is 71.4 Å². The van der Waals surface area contributed by atoms with Crippen molar-refractivity contribution < 1.29 is 8.42 Å². The third-order valence-corrected chi connectivity index (χ3v) is 8.62. The molecule has 166 valence electrons. The zero-order valence-corrected chi connectivity index (χ0v) is 19.8. The van der Waals surface area contributed by atoms with Gasteiger partial charge in [0.25, 0.3) is 0 Å². The summed E-state index contributed by atoms with van der Waals surface area (Å²) in [4.78, 5) is 14.6. The fourth-order valence-corrected chi connectivity index (χ4v) is 6.45. The largest absolute Gasteiger partial charge is 0.372 e. The number of aromatic nitrogens is 1. The molecule has 1 aliphatic heterocycles. The van der Waals surface area contributed by atoms with E-state index >= 15 is 0 Å². The Bertz CT molecular complexity index is 1220. The second kappa shape index (κ2) is 8.76. The Kier molecular flexibility index (Phi) is 6.23. The van der Waals surface area contributed by atoms with Gasteiger partial charge in [-0.05, 0) is 68.5 Å². The van der Waals surface area contributed by atoms with Crippen molar-refractivity contribution in [2.75, 3.05) is 18.0 Å². The molecule has 3 aromatic rings. The zero-order chi connectivity index (χ0) is 22.2. The van der Waals surface area contributed by atoms with Crippen LogP contribution in [0.15, 0.2) is 52.2 Å². The van der Waals surface area contributed by atoms with Crippen LogP contribution in [0.3, 0.4) is 0 Å². The Balaban J connectivity index is 1.50. The molecule has 1 aliphatic rings. The molecule has 1 fully saturated rings. The minimum atomic E-state index is -3.71.